The number of hydrogen-bond donors (Lipinski definition) is 0. The largest absolute Gasteiger partial charge is 0.291 e. The molecule has 2 aliphatic rings. The summed E-state index contributed by atoms with van der Waals surface area (Å²) in [6, 6.07) is 52.2. The monoisotopic (exact) mass is 596 g/mol. The van der Waals surface area contributed by atoms with Crippen LogP contribution in [0.4, 0.5) is 45.5 Å². The van der Waals surface area contributed by atoms with Gasteiger partial charge in [0.1, 0.15) is 0 Å². The highest BCUT2D eigenvalue weighted by Crippen LogP contribution is 2.59. The molecule has 2 heterocycles. The van der Waals surface area contributed by atoms with Crippen molar-refractivity contribution in [3.05, 3.63) is 179 Å². The molecule has 0 fully saturated rings. The number of para-hydroxylation sites is 4. The van der Waals surface area contributed by atoms with Gasteiger partial charge in [0.15, 0.2) is 11.6 Å². The molecule has 4 heteroatoms. The number of anilines is 8. The van der Waals surface area contributed by atoms with Crippen LogP contribution in [-0.2, 0) is 0 Å². The Hall–Kier alpha value is -5.74. The van der Waals surface area contributed by atoms with E-state index < -0.39 is 0 Å². The van der Waals surface area contributed by atoms with Crippen molar-refractivity contribution in [1.82, 2.24) is 0 Å². The zero-order valence-corrected chi connectivity index (χ0v) is 26.6. The van der Waals surface area contributed by atoms with Gasteiger partial charge in [-0.2, -0.15) is 0 Å². The topological polar surface area (TPSA) is 13.0 Å². The van der Waals surface area contributed by atoms with Gasteiger partial charge in [-0.15, -0.1) is 0 Å². The van der Waals surface area contributed by atoms with E-state index in [4.69, 9.17) is 0 Å². The molecule has 224 valence electrons. The molecule has 8 rings (SSSR count). The molecule has 0 aromatic heterocycles. The van der Waals surface area contributed by atoms with Crippen molar-refractivity contribution in [2.75, 3.05) is 19.6 Å². The second-order valence-electron chi connectivity index (χ2n) is 12.1. The number of nitrogens with zero attached hydrogens (tertiary/aromatic N) is 4. The van der Waals surface area contributed by atoms with E-state index >= 15 is 0 Å². The van der Waals surface area contributed by atoms with Crippen LogP contribution in [0.5, 0.6) is 0 Å². The number of benzene rings is 6. The van der Waals surface area contributed by atoms with Crippen molar-refractivity contribution in [1.29, 1.82) is 0 Å². The second-order valence-corrected chi connectivity index (χ2v) is 12.1. The van der Waals surface area contributed by atoms with Gasteiger partial charge in [-0.05, 0) is 98.5 Å². The van der Waals surface area contributed by atoms with Crippen molar-refractivity contribution in [2.45, 2.75) is 27.7 Å². The summed E-state index contributed by atoms with van der Waals surface area (Å²) in [5.41, 5.74) is 14.1. The SMILES string of the molecule is Cc1ccc(C)c2c1N(c1ccccc1)C(=C1N(c3ccccc3)c3c(C)ccc(C)c3N1c1ccccc1)N2c1ccccc1. The zero-order chi connectivity index (χ0) is 31.4. The van der Waals surface area contributed by atoms with Crippen molar-refractivity contribution >= 4 is 45.5 Å². The van der Waals surface area contributed by atoms with Crippen molar-refractivity contribution in [3.8, 4) is 0 Å². The van der Waals surface area contributed by atoms with Crippen LogP contribution in [0.1, 0.15) is 22.3 Å². The first-order chi connectivity index (χ1) is 22.5. The summed E-state index contributed by atoms with van der Waals surface area (Å²) in [5, 5.41) is 0. The van der Waals surface area contributed by atoms with Gasteiger partial charge in [0.25, 0.3) is 0 Å². The predicted molar refractivity (Wildman–Crippen MR) is 193 cm³/mol. The third kappa shape index (κ3) is 4.21. The van der Waals surface area contributed by atoms with Gasteiger partial charge in [0, 0.05) is 22.7 Å². The average molecular weight is 597 g/mol. The van der Waals surface area contributed by atoms with E-state index in [9.17, 15) is 0 Å². The lowest BCUT2D eigenvalue weighted by molar-refractivity contribution is 1.00. The molecule has 6 aromatic carbocycles. The van der Waals surface area contributed by atoms with Gasteiger partial charge in [0.05, 0.1) is 22.7 Å². The lowest BCUT2D eigenvalue weighted by Gasteiger charge is -2.34. The molecular weight excluding hydrogens is 560 g/mol. The first kappa shape index (κ1) is 27.8. The lowest BCUT2D eigenvalue weighted by Crippen LogP contribution is -2.33. The molecule has 0 N–H and O–H groups in total. The third-order valence-electron chi connectivity index (χ3n) is 9.11. The fraction of sp³-hybridized carbons (Fsp3) is 0.0952. The van der Waals surface area contributed by atoms with Crippen LogP contribution < -0.4 is 19.6 Å². The average Bonchev–Trinajstić information content (AvgIpc) is 3.65. The third-order valence-corrected chi connectivity index (χ3v) is 9.11. The molecule has 46 heavy (non-hydrogen) atoms. The molecule has 0 saturated carbocycles. The molecule has 0 spiro atoms. The summed E-state index contributed by atoms with van der Waals surface area (Å²) < 4.78 is 0. The van der Waals surface area contributed by atoms with Gasteiger partial charge in [0.2, 0.25) is 0 Å². The molecule has 6 aromatic rings. The highest BCUT2D eigenvalue weighted by atomic mass is 15.5. The lowest BCUT2D eigenvalue weighted by atomic mass is 10.1. The Bertz CT molecular complexity index is 1790. The van der Waals surface area contributed by atoms with E-state index in [2.05, 4.69) is 193 Å². The molecule has 2 aliphatic heterocycles. The Morgan fingerprint density at radius 3 is 0.652 bits per heavy atom. The maximum Gasteiger partial charge on any atom is 0.166 e. The van der Waals surface area contributed by atoms with Gasteiger partial charge in [-0.1, -0.05) is 97.1 Å². The summed E-state index contributed by atoms with van der Waals surface area (Å²) in [4.78, 5) is 9.90. The minimum Gasteiger partial charge on any atom is -0.291 e. The number of aryl methyl sites for hydroxylation is 4. The van der Waals surface area contributed by atoms with E-state index in [0.29, 0.717) is 0 Å². The summed E-state index contributed by atoms with van der Waals surface area (Å²) >= 11 is 0. The second kappa shape index (κ2) is 11.0. The maximum atomic E-state index is 2.47. The van der Waals surface area contributed by atoms with E-state index in [1.54, 1.807) is 0 Å². The smallest absolute Gasteiger partial charge is 0.166 e. The summed E-state index contributed by atoms with van der Waals surface area (Å²) in [6.45, 7) is 8.92. The Labute approximate surface area is 271 Å². The van der Waals surface area contributed by atoms with Gasteiger partial charge < -0.3 is 0 Å². The van der Waals surface area contributed by atoms with Crippen LogP contribution in [0.3, 0.4) is 0 Å². The van der Waals surface area contributed by atoms with Gasteiger partial charge in [-0.25, -0.2) is 0 Å². The minimum absolute atomic E-state index is 1.08. The van der Waals surface area contributed by atoms with Crippen LogP contribution in [0.2, 0.25) is 0 Å². The summed E-state index contributed by atoms with van der Waals surface area (Å²) in [5.74, 6) is 2.15. The fourth-order valence-electron chi connectivity index (χ4n) is 7.03. The van der Waals surface area contributed by atoms with E-state index in [0.717, 1.165) is 34.4 Å². The summed E-state index contributed by atoms with van der Waals surface area (Å²) in [6.07, 6.45) is 0. The van der Waals surface area contributed by atoms with Crippen LogP contribution in [-0.4, -0.2) is 0 Å². The Morgan fingerprint density at radius 1 is 0.261 bits per heavy atom. The Kier molecular flexibility index (Phi) is 6.65. The maximum absolute atomic E-state index is 2.47. The molecule has 0 aliphatic carbocycles. The molecular formula is C42H36N4. The molecule has 0 radical (unpaired) electrons. The Morgan fingerprint density at radius 2 is 0.457 bits per heavy atom. The summed E-state index contributed by atoms with van der Waals surface area (Å²) in [7, 11) is 0. The van der Waals surface area contributed by atoms with Crippen LogP contribution in [0, 0.1) is 27.7 Å². The number of fused-ring (bicyclic) bond motifs is 2. The quantitative estimate of drug-likeness (QED) is 0.201. The highest BCUT2D eigenvalue weighted by Gasteiger charge is 2.46. The van der Waals surface area contributed by atoms with Crippen LogP contribution in [0.25, 0.3) is 0 Å². The first-order valence-corrected chi connectivity index (χ1v) is 15.9. The fourth-order valence-corrected chi connectivity index (χ4v) is 7.03. The number of hydrogen-bond acceptors (Lipinski definition) is 4. The molecule has 0 unspecified atom stereocenters. The van der Waals surface area contributed by atoms with Crippen molar-refractivity contribution in [3.63, 3.8) is 0 Å². The normalized spacial score (nSPS) is 13.8. The number of rotatable bonds is 4. The molecule has 0 atom stereocenters. The zero-order valence-electron chi connectivity index (χ0n) is 26.6. The van der Waals surface area contributed by atoms with E-state index in [-0.39, 0.29) is 0 Å². The van der Waals surface area contributed by atoms with Gasteiger partial charge >= 0.3 is 0 Å². The van der Waals surface area contributed by atoms with Crippen LogP contribution >= 0.6 is 0 Å². The molecule has 0 bridgehead atoms. The molecule has 4 nitrogen and oxygen atoms in total. The van der Waals surface area contributed by atoms with Crippen LogP contribution in [0.15, 0.2) is 157 Å². The Balaban J connectivity index is 1.59. The predicted octanol–water partition coefficient (Wildman–Crippen LogP) is 11.3. The molecule has 0 amide bonds. The minimum atomic E-state index is 1.08. The molecule has 0 saturated heterocycles. The van der Waals surface area contributed by atoms with Crippen molar-refractivity contribution in [2.24, 2.45) is 0 Å². The standard InChI is InChI=1S/C42H36N4/c1-29-25-26-30(2)38-37(29)43(33-17-9-5-10-18-33)41(44(38)34-19-11-6-12-20-34)42-45(35-21-13-7-14-22-35)39-31(3)27-28-32(4)40(39)46(42)36-23-15-8-16-24-36/h5-28H,1-4H3. The first-order valence-electron chi connectivity index (χ1n) is 15.9. The van der Waals surface area contributed by atoms with E-state index in [1.807, 2.05) is 0 Å². The van der Waals surface area contributed by atoms with E-state index in [1.165, 1.54) is 45.0 Å². The van der Waals surface area contributed by atoms with Gasteiger partial charge in [-0.3, -0.25) is 19.6 Å². The highest BCUT2D eigenvalue weighted by molar-refractivity contribution is 6.02. The van der Waals surface area contributed by atoms with Crippen molar-refractivity contribution < 1.29 is 0 Å².